The van der Waals surface area contributed by atoms with Gasteiger partial charge in [0.15, 0.2) is 5.82 Å². The Morgan fingerprint density at radius 1 is 0.818 bits per heavy atom. The van der Waals surface area contributed by atoms with E-state index in [1.54, 1.807) is 36.4 Å². The van der Waals surface area contributed by atoms with Crippen LogP contribution in [-0.2, 0) is 11.4 Å². The van der Waals surface area contributed by atoms with Gasteiger partial charge in [0.25, 0.3) is 5.69 Å². The Labute approximate surface area is 275 Å². The first-order valence-corrected chi connectivity index (χ1v) is 13.7. The molecule has 0 bridgehead atoms. The topological polar surface area (TPSA) is 128 Å². The molecule has 1 heterocycles. The summed E-state index contributed by atoms with van der Waals surface area (Å²) >= 11 is 0. The summed E-state index contributed by atoms with van der Waals surface area (Å²) in [4.78, 5) is 30.5. The van der Waals surface area contributed by atoms with E-state index in [-0.39, 0.29) is 60.0 Å². The number of fused-ring (bicyclic) bond motifs is 1. The number of nitro benzene ring substituents is 1. The molecule has 0 spiro atoms. The normalized spacial score (nSPS) is 10.7. The molecule has 0 amide bonds. The second kappa shape index (κ2) is 15.4. The number of non-ortho nitro benzene ring substituents is 1. The number of carboxylic acids is 1. The zero-order valence-electron chi connectivity index (χ0n) is 24.1. The van der Waals surface area contributed by atoms with Gasteiger partial charge in [-0.1, -0.05) is 36.4 Å². The SMILES string of the molecule is O=C([O-])CCCCCOc1ccc2cc(-c3nc(OCc4ccccc4F)cc(-c4ccc([N+](=O)[O-])cc4)n3)ccc2c1.[Na+]. The predicted molar refractivity (Wildman–Crippen MR) is 157 cm³/mol. The van der Waals surface area contributed by atoms with Crippen LogP contribution in [0.25, 0.3) is 33.4 Å². The first-order valence-electron chi connectivity index (χ1n) is 13.7. The number of unbranched alkanes of at least 4 members (excludes halogenated alkanes) is 2. The molecule has 0 unspecified atom stereocenters. The van der Waals surface area contributed by atoms with Gasteiger partial charge in [-0.05, 0) is 72.9 Å². The fourth-order valence-electron chi connectivity index (χ4n) is 4.49. The van der Waals surface area contributed by atoms with Gasteiger partial charge in [0.05, 0.1) is 17.2 Å². The van der Waals surface area contributed by atoms with Crippen LogP contribution in [0.2, 0.25) is 0 Å². The minimum Gasteiger partial charge on any atom is -0.550 e. The van der Waals surface area contributed by atoms with E-state index < -0.39 is 10.9 Å². The molecule has 0 saturated carbocycles. The smallest absolute Gasteiger partial charge is 0.550 e. The molecule has 218 valence electrons. The maximum absolute atomic E-state index is 14.2. The van der Waals surface area contributed by atoms with Crippen molar-refractivity contribution in [3.05, 3.63) is 112 Å². The Morgan fingerprint density at radius 2 is 1.55 bits per heavy atom. The molecule has 0 fully saturated rings. The maximum Gasteiger partial charge on any atom is 1.00 e. The number of benzene rings is 4. The van der Waals surface area contributed by atoms with Gasteiger partial charge in [-0.25, -0.2) is 9.37 Å². The van der Waals surface area contributed by atoms with Gasteiger partial charge in [0, 0.05) is 40.9 Å². The predicted octanol–water partition coefficient (Wildman–Crippen LogP) is 3.28. The van der Waals surface area contributed by atoms with Crippen LogP contribution in [0.3, 0.4) is 0 Å². The second-order valence-corrected chi connectivity index (χ2v) is 9.85. The van der Waals surface area contributed by atoms with E-state index in [1.165, 1.54) is 18.2 Å². The molecular formula is C33H27FN3NaO6. The zero-order chi connectivity index (χ0) is 30.2. The molecule has 4 aromatic carbocycles. The van der Waals surface area contributed by atoms with Crippen molar-refractivity contribution < 1.29 is 58.2 Å². The van der Waals surface area contributed by atoms with Crippen molar-refractivity contribution in [3.8, 4) is 34.3 Å². The van der Waals surface area contributed by atoms with Crippen LogP contribution in [0.5, 0.6) is 11.6 Å². The van der Waals surface area contributed by atoms with Crippen LogP contribution < -0.4 is 44.1 Å². The Hall–Kier alpha value is -4.38. The van der Waals surface area contributed by atoms with E-state index in [9.17, 15) is 24.4 Å². The second-order valence-electron chi connectivity index (χ2n) is 9.85. The summed E-state index contributed by atoms with van der Waals surface area (Å²) in [5.74, 6) is -0.116. The number of hydrogen-bond donors (Lipinski definition) is 0. The van der Waals surface area contributed by atoms with E-state index in [2.05, 4.69) is 4.98 Å². The van der Waals surface area contributed by atoms with Crippen molar-refractivity contribution in [2.24, 2.45) is 0 Å². The Bertz CT molecular complexity index is 1770. The van der Waals surface area contributed by atoms with Crippen molar-refractivity contribution in [2.45, 2.75) is 32.3 Å². The average molecular weight is 604 g/mol. The van der Waals surface area contributed by atoms with Crippen LogP contribution in [0.4, 0.5) is 10.1 Å². The number of aliphatic carboxylic acids is 1. The van der Waals surface area contributed by atoms with Crippen LogP contribution in [0, 0.1) is 15.9 Å². The van der Waals surface area contributed by atoms with Crippen molar-refractivity contribution in [2.75, 3.05) is 6.61 Å². The molecule has 0 N–H and O–H groups in total. The molecule has 1 aromatic heterocycles. The number of aromatic nitrogens is 2. The molecule has 0 saturated heterocycles. The summed E-state index contributed by atoms with van der Waals surface area (Å²) < 4.78 is 25.9. The van der Waals surface area contributed by atoms with Gasteiger partial charge in [-0.2, -0.15) is 4.98 Å². The minimum atomic E-state index is -1.04. The van der Waals surface area contributed by atoms with E-state index in [0.29, 0.717) is 47.0 Å². The molecule has 9 nitrogen and oxygen atoms in total. The summed E-state index contributed by atoms with van der Waals surface area (Å²) in [5.41, 5.74) is 2.18. The standard InChI is InChI=1S/C33H28FN3O6.Na/c34-29-7-4-3-6-26(29)21-43-31-20-30(22-11-14-27(15-12-22)37(40)41)35-33(36-31)25-10-9-24-19-28(16-13-23(24)18-25)42-17-5-1-2-8-32(38)39;/h3-4,6-7,9-16,18-20H,1-2,5,8,17,21H2,(H,38,39);/q;+1/p-1. The molecule has 11 heteroatoms. The van der Waals surface area contributed by atoms with E-state index in [4.69, 9.17) is 14.5 Å². The fourth-order valence-corrected chi connectivity index (χ4v) is 4.49. The third kappa shape index (κ3) is 8.59. The van der Waals surface area contributed by atoms with Crippen molar-refractivity contribution in [3.63, 3.8) is 0 Å². The largest absolute Gasteiger partial charge is 1.00 e. The number of nitro groups is 1. The molecule has 0 aliphatic rings. The summed E-state index contributed by atoms with van der Waals surface area (Å²) in [5, 5.41) is 23.5. The maximum atomic E-state index is 14.2. The average Bonchev–Trinajstić information content (AvgIpc) is 3.01. The van der Waals surface area contributed by atoms with Gasteiger partial charge in [0.2, 0.25) is 5.88 Å². The Morgan fingerprint density at radius 3 is 2.30 bits per heavy atom. The van der Waals surface area contributed by atoms with Gasteiger partial charge in [0.1, 0.15) is 18.2 Å². The van der Waals surface area contributed by atoms with Gasteiger partial charge in [-0.15, -0.1) is 0 Å². The molecule has 44 heavy (non-hydrogen) atoms. The number of nitrogens with zero attached hydrogens (tertiary/aromatic N) is 3. The van der Waals surface area contributed by atoms with E-state index in [1.807, 2.05) is 36.4 Å². The first-order chi connectivity index (χ1) is 20.9. The number of ether oxygens (including phenoxy) is 2. The van der Waals surface area contributed by atoms with Gasteiger partial charge >= 0.3 is 29.6 Å². The van der Waals surface area contributed by atoms with Crippen LogP contribution in [-0.4, -0.2) is 27.5 Å². The molecule has 0 radical (unpaired) electrons. The minimum absolute atomic E-state index is 0. The zero-order valence-corrected chi connectivity index (χ0v) is 26.1. The molecule has 0 aliphatic carbocycles. The van der Waals surface area contributed by atoms with E-state index >= 15 is 0 Å². The summed E-state index contributed by atoms with van der Waals surface area (Å²) in [6, 6.07) is 25.4. The molecule has 0 atom stereocenters. The van der Waals surface area contributed by atoms with Crippen molar-refractivity contribution in [1.29, 1.82) is 0 Å². The number of carboxylic acid groups (broad SMARTS) is 1. The van der Waals surface area contributed by atoms with Gasteiger partial charge in [-0.3, -0.25) is 10.1 Å². The van der Waals surface area contributed by atoms with Crippen LogP contribution >= 0.6 is 0 Å². The summed E-state index contributed by atoms with van der Waals surface area (Å²) in [6.07, 6.45) is 2.11. The van der Waals surface area contributed by atoms with Crippen molar-refractivity contribution >= 4 is 22.4 Å². The molecule has 5 aromatic rings. The third-order valence-corrected chi connectivity index (χ3v) is 6.77. The molecule has 5 rings (SSSR count). The number of halogens is 1. The van der Waals surface area contributed by atoms with Crippen LogP contribution in [0.1, 0.15) is 31.2 Å². The third-order valence-electron chi connectivity index (χ3n) is 6.77. The number of hydrogen-bond acceptors (Lipinski definition) is 8. The van der Waals surface area contributed by atoms with Crippen molar-refractivity contribution in [1.82, 2.24) is 9.97 Å². The van der Waals surface area contributed by atoms with Gasteiger partial charge < -0.3 is 19.4 Å². The van der Waals surface area contributed by atoms with Crippen LogP contribution in [0.15, 0.2) is 91.0 Å². The number of carbonyl (C=O) groups excluding carboxylic acids is 1. The Balaban J connectivity index is 0.00000442. The summed E-state index contributed by atoms with van der Waals surface area (Å²) in [6.45, 7) is 0.440. The number of carbonyl (C=O) groups is 1. The Kier molecular flexibility index (Phi) is 11.4. The summed E-state index contributed by atoms with van der Waals surface area (Å²) in [7, 11) is 0. The monoisotopic (exact) mass is 603 g/mol. The molecular weight excluding hydrogens is 576 g/mol. The van der Waals surface area contributed by atoms with E-state index in [0.717, 1.165) is 23.6 Å². The number of rotatable bonds is 13. The fraction of sp³-hybridized carbons (Fsp3) is 0.182. The molecule has 0 aliphatic heterocycles. The first kappa shape index (κ1) is 32.5. The quantitative estimate of drug-likeness (QED) is 0.0869.